The van der Waals surface area contributed by atoms with E-state index in [0.29, 0.717) is 11.7 Å². The maximum absolute atomic E-state index is 11.7. The summed E-state index contributed by atoms with van der Waals surface area (Å²) >= 11 is 0. The quantitative estimate of drug-likeness (QED) is 0.755. The SMILES string of the molecule is O=C1C=C(CC2CCCc3ccccc32)CCCC1. The number of carbonyl (C=O) groups excluding carboxylic acids is 1. The molecule has 19 heavy (non-hydrogen) atoms. The molecular weight excluding hydrogens is 232 g/mol. The molecule has 3 rings (SSSR count). The van der Waals surface area contributed by atoms with Gasteiger partial charge >= 0.3 is 0 Å². The van der Waals surface area contributed by atoms with Gasteiger partial charge in [-0.25, -0.2) is 0 Å². The number of carbonyl (C=O) groups is 1. The Bertz CT molecular complexity index is 498. The van der Waals surface area contributed by atoms with Gasteiger partial charge in [0.2, 0.25) is 0 Å². The highest BCUT2D eigenvalue weighted by Gasteiger charge is 2.21. The summed E-state index contributed by atoms with van der Waals surface area (Å²) in [5.74, 6) is 0.985. The fraction of sp³-hybridized carbons (Fsp3) is 0.500. The number of rotatable bonds is 2. The molecule has 0 aromatic heterocycles. The van der Waals surface area contributed by atoms with Gasteiger partial charge in [0.1, 0.15) is 0 Å². The van der Waals surface area contributed by atoms with Gasteiger partial charge in [0.15, 0.2) is 5.78 Å². The fourth-order valence-electron chi connectivity index (χ4n) is 3.57. The summed E-state index contributed by atoms with van der Waals surface area (Å²) in [6.45, 7) is 0. The standard InChI is InChI=1S/C18H22O/c19-17-10-3-1-6-14(13-17)12-16-9-5-8-15-7-2-4-11-18(15)16/h2,4,7,11,13,16H,1,3,5-6,8-10,12H2. The lowest BCUT2D eigenvalue weighted by Crippen LogP contribution is -2.10. The first-order valence-corrected chi connectivity index (χ1v) is 7.63. The molecule has 1 aromatic rings. The van der Waals surface area contributed by atoms with E-state index >= 15 is 0 Å². The zero-order valence-corrected chi connectivity index (χ0v) is 11.5. The Morgan fingerprint density at radius 2 is 1.84 bits per heavy atom. The van der Waals surface area contributed by atoms with Crippen LogP contribution in [-0.2, 0) is 11.2 Å². The van der Waals surface area contributed by atoms with Crippen LogP contribution in [0.3, 0.4) is 0 Å². The second-order valence-corrected chi connectivity index (χ2v) is 5.97. The second-order valence-electron chi connectivity index (χ2n) is 5.97. The normalized spacial score (nSPS) is 23.5. The van der Waals surface area contributed by atoms with E-state index in [1.165, 1.54) is 42.4 Å². The third kappa shape index (κ3) is 2.97. The first kappa shape index (κ1) is 12.7. The van der Waals surface area contributed by atoms with Crippen molar-refractivity contribution in [1.82, 2.24) is 0 Å². The van der Waals surface area contributed by atoms with Crippen LogP contribution in [0.4, 0.5) is 0 Å². The summed E-state index contributed by atoms with van der Waals surface area (Å²) in [5.41, 5.74) is 4.45. The molecule has 0 radical (unpaired) electrons. The zero-order valence-electron chi connectivity index (χ0n) is 11.5. The van der Waals surface area contributed by atoms with Crippen molar-refractivity contribution >= 4 is 5.78 Å². The van der Waals surface area contributed by atoms with Crippen molar-refractivity contribution in [3.63, 3.8) is 0 Å². The summed E-state index contributed by atoms with van der Waals surface area (Å²) in [6.07, 6.45) is 11.0. The van der Waals surface area contributed by atoms with Crippen molar-refractivity contribution in [2.45, 2.75) is 57.3 Å². The predicted molar refractivity (Wildman–Crippen MR) is 78.3 cm³/mol. The molecule has 1 aromatic carbocycles. The van der Waals surface area contributed by atoms with Crippen molar-refractivity contribution in [3.8, 4) is 0 Å². The highest BCUT2D eigenvalue weighted by molar-refractivity contribution is 5.90. The lowest BCUT2D eigenvalue weighted by atomic mass is 9.79. The van der Waals surface area contributed by atoms with E-state index in [9.17, 15) is 4.79 Å². The van der Waals surface area contributed by atoms with Crippen LogP contribution < -0.4 is 0 Å². The molecule has 0 fully saturated rings. The van der Waals surface area contributed by atoms with Gasteiger partial charge in [-0.05, 0) is 68.1 Å². The smallest absolute Gasteiger partial charge is 0.155 e. The minimum Gasteiger partial charge on any atom is -0.295 e. The summed E-state index contributed by atoms with van der Waals surface area (Å²) in [7, 11) is 0. The van der Waals surface area contributed by atoms with Crippen molar-refractivity contribution in [2.75, 3.05) is 0 Å². The van der Waals surface area contributed by atoms with E-state index in [0.717, 1.165) is 25.7 Å². The summed E-state index contributed by atoms with van der Waals surface area (Å²) < 4.78 is 0. The topological polar surface area (TPSA) is 17.1 Å². The summed E-state index contributed by atoms with van der Waals surface area (Å²) in [4.78, 5) is 11.7. The molecule has 1 atom stereocenters. The van der Waals surface area contributed by atoms with Crippen LogP contribution in [0.15, 0.2) is 35.9 Å². The Balaban J connectivity index is 1.79. The average Bonchev–Trinajstić information content (AvgIpc) is 2.63. The van der Waals surface area contributed by atoms with Crippen molar-refractivity contribution < 1.29 is 4.79 Å². The number of ketones is 1. The number of aryl methyl sites for hydroxylation is 1. The van der Waals surface area contributed by atoms with Gasteiger partial charge in [-0.2, -0.15) is 0 Å². The van der Waals surface area contributed by atoms with Gasteiger partial charge in [0.05, 0.1) is 0 Å². The third-order valence-electron chi connectivity index (χ3n) is 4.54. The Kier molecular flexibility index (Phi) is 3.82. The average molecular weight is 254 g/mol. The van der Waals surface area contributed by atoms with Crippen molar-refractivity contribution in [3.05, 3.63) is 47.0 Å². The van der Waals surface area contributed by atoms with Crippen LogP contribution in [0.25, 0.3) is 0 Å². The van der Waals surface area contributed by atoms with Crippen molar-refractivity contribution in [1.29, 1.82) is 0 Å². The van der Waals surface area contributed by atoms with E-state index < -0.39 is 0 Å². The van der Waals surface area contributed by atoms with Gasteiger partial charge in [-0.1, -0.05) is 29.8 Å². The summed E-state index contributed by atoms with van der Waals surface area (Å²) in [6, 6.07) is 8.87. The van der Waals surface area contributed by atoms with Crippen LogP contribution >= 0.6 is 0 Å². The van der Waals surface area contributed by atoms with Crippen LogP contribution in [0.5, 0.6) is 0 Å². The molecule has 0 saturated carbocycles. The maximum Gasteiger partial charge on any atom is 0.155 e. The highest BCUT2D eigenvalue weighted by atomic mass is 16.1. The van der Waals surface area contributed by atoms with Crippen LogP contribution in [0.1, 0.15) is 62.0 Å². The number of benzene rings is 1. The molecule has 0 bridgehead atoms. The molecule has 0 saturated heterocycles. The molecule has 0 N–H and O–H groups in total. The molecule has 1 nitrogen and oxygen atoms in total. The zero-order chi connectivity index (χ0) is 13.1. The molecule has 0 aliphatic heterocycles. The Morgan fingerprint density at radius 3 is 2.79 bits per heavy atom. The molecule has 1 heteroatoms. The number of hydrogen-bond donors (Lipinski definition) is 0. The van der Waals surface area contributed by atoms with Gasteiger partial charge in [0, 0.05) is 6.42 Å². The van der Waals surface area contributed by atoms with Gasteiger partial charge < -0.3 is 0 Å². The molecule has 2 aliphatic rings. The van der Waals surface area contributed by atoms with Gasteiger partial charge in [-0.15, -0.1) is 0 Å². The number of fused-ring (bicyclic) bond motifs is 1. The van der Waals surface area contributed by atoms with E-state index in [4.69, 9.17) is 0 Å². The Hall–Kier alpha value is -1.37. The molecular formula is C18H22O. The monoisotopic (exact) mass is 254 g/mol. The van der Waals surface area contributed by atoms with Crippen LogP contribution in [-0.4, -0.2) is 5.78 Å². The first-order chi connectivity index (χ1) is 9.33. The van der Waals surface area contributed by atoms with E-state index in [-0.39, 0.29) is 0 Å². The minimum absolute atomic E-state index is 0.344. The fourth-order valence-corrected chi connectivity index (χ4v) is 3.57. The van der Waals surface area contributed by atoms with E-state index in [1.807, 2.05) is 6.08 Å². The minimum atomic E-state index is 0.344. The van der Waals surface area contributed by atoms with Crippen LogP contribution in [0.2, 0.25) is 0 Å². The maximum atomic E-state index is 11.7. The lowest BCUT2D eigenvalue weighted by Gasteiger charge is -2.26. The third-order valence-corrected chi connectivity index (χ3v) is 4.54. The lowest BCUT2D eigenvalue weighted by molar-refractivity contribution is -0.114. The highest BCUT2D eigenvalue weighted by Crippen LogP contribution is 2.37. The first-order valence-electron chi connectivity index (χ1n) is 7.63. The van der Waals surface area contributed by atoms with Gasteiger partial charge in [0.25, 0.3) is 0 Å². The second kappa shape index (κ2) is 5.73. The molecule has 1 unspecified atom stereocenters. The predicted octanol–water partition coefficient (Wildman–Crippen LogP) is 4.57. The summed E-state index contributed by atoms with van der Waals surface area (Å²) in [5, 5.41) is 0. The van der Waals surface area contributed by atoms with E-state index in [2.05, 4.69) is 24.3 Å². The molecule has 2 aliphatic carbocycles. The Labute approximate surface area is 115 Å². The molecule has 0 heterocycles. The molecule has 100 valence electrons. The van der Waals surface area contributed by atoms with Crippen LogP contribution in [0, 0.1) is 0 Å². The largest absolute Gasteiger partial charge is 0.295 e. The molecule has 0 spiro atoms. The number of allylic oxidation sites excluding steroid dienone is 2. The van der Waals surface area contributed by atoms with E-state index in [1.54, 1.807) is 0 Å². The molecule has 0 amide bonds. The van der Waals surface area contributed by atoms with Gasteiger partial charge in [-0.3, -0.25) is 4.79 Å². The van der Waals surface area contributed by atoms with Crippen molar-refractivity contribution in [2.24, 2.45) is 0 Å². The Morgan fingerprint density at radius 1 is 1.00 bits per heavy atom. The number of hydrogen-bond acceptors (Lipinski definition) is 1.